The molecule has 0 spiro atoms. The lowest BCUT2D eigenvalue weighted by atomic mass is 9.89. The van der Waals surface area contributed by atoms with E-state index in [0.717, 1.165) is 46.5 Å². The molecule has 1 aliphatic heterocycles. The molecular weight excluding hydrogens is 336 g/mol. The van der Waals surface area contributed by atoms with Gasteiger partial charge in [0.1, 0.15) is 4.83 Å². The number of aryl methyl sites for hydroxylation is 1. The Morgan fingerprint density at radius 2 is 2.20 bits per heavy atom. The van der Waals surface area contributed by atoms with Crippen molar-refractivity contribution in [2.24, 2.45) is 5.92 Å². The van der Waals surface area contributed by atoms with Crippen LogP contribution < -0.4 is 15.0 Å². The minimum absolute atomic E-state index is 0.0646. The molecule has 3 aromatic rings. The summed E-state index contributed by atoms with van der Waals surface area (Å²) in [5.41, 5.74) is 2.30. The highest BCUT2D eigenvalue weighted by atomic mass is 32.1. The van der Waals surface area contributed by atoms with Crippen LogP contribution in [0.2, 0.25) is 0 Å². The lowest BCUT2D eigenvalue weighted by molar-refractivity contribution is 0.174. The maximum Gasteiger partial charge on any atom is 0.262 e. The molecule has 1 aliphatic carbocycles. The normalized spacial score (nSPS) is 18.5. The van der Waals surface area contributed by atoms with Crippen molar-refractivity contribution in [1.29, 1.82) is 0 Å². The minimum atomic E-state index is 0.0646. The molecule has 0 saturated heterocycles. The number of nitrogens with zero attached hydrogens (tertiary/aromatic N) is 2. The first-order valence-corrected chi connectivity index (χ1v) is 9.39. The van der Waals surface area contributed by atoms with Crippen LogP contribution in [0.4, 0.5) is 0 Å². The zero-order chi connectivity index (χ0) is 17.0. The zero-order valence-corrected chi connectivity index (χ0v) is 14.8. The molecule has 1 atom stereocenters. The maximum absolute atomic E-state index is 13.1. The molecule has 2 aromatic heterocycles. The number of ether oxygens (including phenoxy) is 2. The molecule has 2 aliphatic rings. The molecule has 0 fully saturated rings. The first kappa shape index (κ1) is 15.0. The third-order valence-electron chi connectivity index (χ3n) is 5.07. The summed E-state index contributed by atoms with van der Waals surface area (Å²) in [6.45, 7) is 3.02. The minimum Gasteiger partial charge on any atom is -0.454 e. The van der Waals surface area contributed by atoms with Gasteiger partial charge in [0, 0.05) is 4.88 Å². The van der Waals surface area contributed by atoms with Gasteiger partial charge in [-0.25, -0.2) is 4.98 Å². The van der Waals surface area contributed by atoms with E-state index in [1.165, 1.54) is 10.4 Å². The molecule has 0 amide bonds. The summed E-state index contributed by atoms with van der Waals surface area (Å²) in [6.07, 6.45) is 4.87. The fourth-order valence-electron chi connectivity index (χ4n) is 3.71. The summed E-state index contributed by atoms with van der Waals surface area (Å²) >= 11 is 1.69. The molecule has 5 rings (SSSR count). The SMILES string of the molecule is C[C@H]1CCc2c(sc3ncn(Cc4ccc5c(c4)OCO5)c(=O)c23)C1. The molecule has 0 N–H and O–H groups in total. The molecule has 0 bridgehead atoms. The topological polar surface area (TPSA) is 53.4 Å². The van der Waals surface area contributed by atoms with Crippen molar-refractivity contribution in [2.75, 3.05) is 6.79 Å². The van der Waals surface area contributed by atoms with Gasteiger partial charge in [-0.05, 0) is 48.4 Å². The molecular formula is C19H18N2O3S. The summed E-state index contributed by atoms with van der Waals surface area (Å²) in [5, 5.41) is 0.829. The second kappa shape index (κ2) is 5.59. The summed E-state index contributed by atoms with van der Waals surface area (Å²) in [4.78, 5) is 19.8. The molecule has 0 radical (unpaired) electrons. The van der Waals surface area contributed by atoms with E-state index in [-0.39, 0.29) is 12.4 Å². The average molecular weight is 354 g/mol. The molecule has 6 heteroatoms. The van der Waals surface area contributed by atoms with Gasteiger partial charge in [0.2, 0.25) is 6.79 Å². The molecule has 1 aromatic carbocycles. The van der Waals surface area contributed by atoms with Crippen LogP contribution in [-0.4, -0.2) is 16.3 Å². The molecule has 0 unspecified atom stereocenters. The summed E-state index contributed by atoms with van der Waals surface area (Å²) in [7, 11) is 0. The summed E-state index contributed by atoms with van der Waals surface area (Å²) in [5.74, 6) is 2.18. The van der Waals surface area contributed by atoms with Gasteiger partial charge in [0.15, 0.2) is 11.5 Å². The van der Waals surface area contributed by atoms with Crippen molar-refractivity contribution in [3.8, 4) is 11.5 Å². The van der Waals surface area contributed by atoms with Crippen molar-refractivity contribution in [2.45, 2.75) is 32.7 Å². The highest BCUT2D eigenvalue weighted by molar-refractivity contribution is 7.18. The van der Waals surface area contributed by atoms with Gasteiger partial charge < -0.3 is 9.47 Å². The first-order valence-electron chi connectivity index (χ1n) is 8.57. The van der Waals surface area contributed by atoms with Gasteiger partial charge in [-0.1, -0.05) is 13.0 Å². The number of rotatable bonds is 2. The van der Waals surface area contributed by atoms with Gasteiger partial charge in [-0.2, -0.15) is 0 Å². The predicted octanol–water partition coefficient (Wildman–Crippen LogP) is 3.36. The van der Waals surface area contributed by atoms with Crippen molar-refractivity contribution in [1.82, 2.24) is 9.55 Å². The maximum atomic E-state index is 13.1. The standard InChI is InChI=1S/C19H18N2O3S/c1-11-2-4-13-16(6-11)25-18-17(13)19(22)21(9-20-18)8-12-3-5-14-15(7-12)24-10-23-14/h3,5,7,9,11H,2,4,6,8,10H2,1H3/t11-/m0/s1. The molecule has 3 heterocycles. The number of aromatic nitrogens is 2. The van der Waals surface area contributed by atoms with Gasteiger partial charge in [-0.3, -0.25) is 9.36 Å². The van der Waals surface area contributed by atoms with E-state index in [0.29, 0.717) is 12.5 Å². The zero-order valence-electron chi connectivity index (χ0n) is 13.9. The Hall–Kier alpha value is -2.34. The van der Waals surface area contributed by atoms with E-state index in [9.17, 15) is 4.79 Å². The van der Waals surface area contributed by atoms with Crippen LogP contribution in [0.3, 0.4) is 0 Å². The highest BCUT2D eigenvalue weighted by Gasteiger charge is 2.23. The summed E-state index contributed by atoms with van der Waals surface area (Å²) in [6, 6.07) is 5.79. The van der Waals surface area contributed by atoms with Crippen LogP contribution in [0, 0.1) is 5.92 Å². The van der Waals surface area contributed by atoms with Crippen molar-refractivity contribution in [3.63, 3.8) is 0 Å². The largest absolute Gasteiger partial charge is 0.454 e. The van der Waals surface area contributed by atoms with Gasteiger partial charge in [0.05, 0.1) is 18.3 Å². The van der Waals surface area contributed by atoms with Gasteiger partial charge in [-0.15, -0.1) is 11.3 Å². The van der Waals surface area contributed by atoms with E-state index in [4.69, 9.17) is 9.47 Å². The van der Waals surface area contributed by atoms with Crippen LogP contribution in [0.15, 0.2) is 29.3 Å². The Bertz CT molecular complexity index is 1040. The third kappa shape index (κ3) is 2.43. The number of hydrogen-bond acceptors (Lipinski definition) is 5. The van der Waals surface area contributed by atoms with Crippen molar-refractivity contribution >= 4 is 21.6 Å². The second-order valence-corrected chi connectivity index (χ2v) is 7.98. The lowest BCUT2D eigenvalue weighted by Crippen LogP contribution is -2.22. The number of hydrogen-bond donors (Lipinski definition) is 0. The highest BCUT2D eigenvalue weighted by Crippen LogP contribution is 2.36. The Kier molecular flexibility index (Phi) is 3.35. The van der Waals surface area contributed by atoms with Gasteiger partial charge >= 0.3 is 0 Å². The van der Waals surface area contributed by atoms with Gasteiger partial charge in [0.25, 0.3) is 5.56 Å². The van der Waals surface area contributed by atoms with Crippen LogP contribution >= 0.6 is 11.3 Å². The second-order valence-electron chi connectivity index (χ2n) is 6.90. The number of thiophene rings is 1. The van der Waals surface area contributed by atoms with E-state index in [1.54, 1.807) is 22.2 Å². The Balaban J connectivity index is 1.56. The Morgan fingerprint density at radius 1 is 1.32 bits per heavy atom. The average Bonchev–Trinajstić information content (AvgIpc) is 3.20. The van der Waals surface area contributed by atoms with Crippen molar-refractivity contribution < 1.29 is 9.47 Å². The lowest BCUT2D eigenvalue weighted by Gasteiger charge is -2.17. The molecule has 5 nitrogen and oxygen atoms in total. The quantitative estimate of drug-likeness (QED) is 0.708. The third-order valence-corrected chi connectivity index (χ3v) is 6.23. The van der Waals surface area contributed by atoms with Crippen LogP contribution in [0.25, 0.3) is 10.2 Å². The smallest absolute Gasteiger partial charge is 0.262 e. The van der Waals surface area contributed by atoms with E-state index >= 15 is 0 Å². The fourth-order valence-corrected chi connectivity index (χ4v) is 5.06. The first-order chi connectivity index (χ1) is 12.2. The number of fused-ring (bicyclic) bond motifs is 4. The van der Waals surface area contributed by atoms with Crippen LogP contribution in [-0.2, 0) is 19.4 Å². The molecule has 25 heavy (non-hydrogen) atoms. The van der Waals surface area contributed by atoms with E-state index in [2.05, 4.69) is 11.9 Å². The van der Waals surface area contributed by atoms with Crippen molar-refractivity contribution in [3.05, 3.63) is 50.9 Å². The molecule has 128 valence electrons. The Labute approximate surface area is 148 Å². The fraction of sp³-hybridized carbons (Fsp3) is 0.368. The predicted molar refractivity (Wildman–Crippen MR) is 96.7 cm³/mol. The molecule has 0 saturated carbocycles. The monoisotopic (exact) mass is 354 g/mol. The van der Waals surface area contributed by atoms with Crippen LogP contribution in [0.5, 0.6) is 11.5 Å². The number of benzene rings is 1. The van der Waals surface area contributed by atoms with E-state index < -0.39 is 0 Å². The van der Waals surface area contributed by atoms with E-state index in [1.807, 2.05) is 18.2 Å². The Morgan fingerprint density at radius 3 is 3.12 bits per heavy atom. The van der Waals surface area contributed by atoms with Crippen LogP contribution in [0.1, 0.15) is 29.3 Å². The summed E-state index contributed by atoms with van der Waals surface area (Å²) < 4.78 is 12.5.